The minimum atomic E-state index is -4.61. The Balaban J connectivity index is 1.97. The average molecular weight is 409 g/mol. The number of aromatic nitrogens is 2. The van der Waals surface area contributed by atoms with Gasteiger partial charge in [-0.15, -0.1) is 0 Å². The van der Waals surface area contributed by atoms with Gasteiger partial charge in [-0.3, -0.25) is 0 Å². The molecule has 0 aliphatic heterocycles. The standard InChI is InChI=1S/C19H16ClF3N4O/c1-27(14-7-9-15(28-2)10-8-14)18-24-11-16(19(21,22)23)17(26-18)25-13-5-3-12(20)4-6-13/h3-11H,1-2H3,(H,24,25,26). The molecule has 0 radical (unpaired) electrons. The van der Waals surface area contributed by atoms with Crippen LogP contribution < -0.4 is 15.0 Å². The van der Waals surface area contributed by atoms with Gasteiger partial charge in [0.1, 0.15) is 17.1 Å². The lowest BCUT2D eigenvalue weighted by Gasteiger charge is -2.20. The Labute approximate surface area is 164 Å². The molecule has 0 atom stereocenters. The summed E-state index contributed by atoms with van der Waals surface area (Å²) in [6, 6.07) is 13.3. The summed E-state index contributed by atoms with van der Waals surface area (Å²) in [6.07, 6.45) is -3.84. The molecule has 0 spiro atoms. The number of halogens is 4. The summed E-state index contributed by atoms with van der Waals surface area (Å²) in [7, 11) is 3.21. The van der Waals surface area contributed by atoms with E-state index < -0.39 is 11.7 Å². The average Bonchev–Trinajstić information content (AvgIpc) is 2.68. The normalized spacial score (nSPS) is 11.2. The van der Waals surface area contributed by atoms with Crippen LogP contribution in [0.2, 0.25) is 5.02 Å². The van der Waals surface area contributed by atoms with E-state index in [1.807, 2.05) is 0 Å². The highest BCUT2D eigenvalue weighted by atomic mass is 35.5. The summed E-state index contributed by atoms with van der Waals surface area (Å²) in [4.78, 5) is 9.55. The highest BCUT2D eigenvalue weighted by Gasteiger charge is 2.35. The number of methoxy groups -OCH3 is 1. The van der Waals surface area contributed by atoms with Gasteiger partial charge in [-0.05, 0) is 48.5 Å². The maximum atomic E-state index is 13.4. The number of ether oxygens (including phenoxy) is 1. The number of anilines is 4. The van der Waals surface area contributed by atoms with Crippen molar-refractivity contribution in [2.45, 2.75) is 6.18 Å². The summed E-state index contributed by atoms with van der Waals surface area (Å²) >= 11 is 5.83. The molecule has 1 N–H and O–H groups in total. The third kappa shape index (κ3) is 4.45. The van der Waals surface area contributed by atoms with Gasteiger partial charge in [0.05, 0.1) is 7.11 Å². The number of nitrogens with one attached hydrogen (secondary N) is 1. The SMILES string of the molecule is COc1ccc(N(C)c2ncc(C(F)(F)F)c(Nc3ccc(Cl)cc3)n2)cc1. The first-order valence-corrected chi connectivity index (χ1v) is 8.50. The molecule has 0 fully saturated rings. The van der Waals surface area contributed by atoms with Crippen molar-refractivity contribution < 1.29 is 17.9 Å². The first-order valence-electron chi connectivity index (χ1n) is 8.12. The van der Waals surface area contributed by atoms with Gasteiger partial charge in [0.2, 0.25) is 5.95 Å². The number of alkyl halides is 3. The van der Waals surface area contributed by atoms with Crippen molar-refractivity contribution in [3.8, 4) is 5.75 Å². The zero-order chi connectivity index (χ0) is 20.3. The highest BCUT2D eigenvalue weighted by molar-refractivity contribution is 6.30. The van der Waals surface area contributed by atoms with Crippen LogP contribution in [0.4, 0.5) is 36.3 Å². The van der Waals surface area contributed by atoms with E-state index in [9.17, 15) is 13.2 Å². The van der Waals surface area contributed by atoms with E-state index in [2.05, 4.69) is 15.3 Å². The van der Waals surface area contributed by atoms with Crippen molar-refractivity contribution in [2.75, 3.05) is 24.4 Å². The fourth-order valence-electron chi connectivity index (χ4n) is 2.43. The van der Waals surface area contributed by atoms with Crippen LogP contribution in [0.25, 0.3) is 0 Å². The lowest BCUT2D eigenvalue weighted by molar-refractivity contribution is -0.137. The summed E-state index contributed by atoms with van der Waals surface area (Å²) in [6.45, 7) is 0. The van der Waals surface area contributed by atoms with E-state index in [1.165, 1.54) is 0 Å². The third-order valence-corrected chi connectivity index (χ3v) is 4.20. The second-order valence-corrected chi connectivity index (χ2v) is 6.26. The number of benzene rings is 2. The van der Waals surface area contributed by atoms with E-state index in [-0.39, 0.29) is 11.8 Å². The van der Waals surface area contributed by atoms with Crippen LogP contribution in [-0.4, -0.2) is 24.1 Å². The van der Waals surface area contributed by atoms with Crippen molar-refractivity contribution in [1.29, 1.82) is 0 Å². The quantitative estimate of drug-likeness (QED) is 0.589. The molecule has 3 aromatic rings. The molecule has 9 heteroatoms. The van der Waals surface area contributed by atoms with Crippen LogP contribution in [0.3, 0.4) is 0 Å². The van der Waals surface area contributed by atoms with Crippen molar-refractivity contribution in [3.63, 3.8) is 0 Å². The van der Waals surface area contributed by atoms with Crippen molar-refractivity contribution in [1.82, 2.24) is 9.97 Å². The molecule has 5 nitrogen and oxygen atoms in total. The summed E-state index contributed by atoms with van der Waals surface area (Å²) < 4.78 is 45.3. The van der Waals surface area contributed by atoms with Gasteiger partial charge in [-0.25, -0.2) is 4.98 Å². The van der Waals surface area contributed by atoms with Gasteiger partial charge in [-0.2, -0.15) is 18.2 Å². The van der Waals surface area contributed by atoms with Gasteiger partial charge in [0, 0.05) is 29.6 Å². The number of nitrogens with zero attached hydrogens (tertiary/aromatic N) is 3. The maximum Gasteiger partial charge on any atom is 0.421 e. The van der Waals surface area contributed by atoms with Gasteiger partial charge < -0.3 is 15.0 Å². The molecule has 146 valence electrons. The van der Waals surface area contributed by atoms with Crippen LogP contribution >= 0.6 is 11.6 Å². The molecule has 28 heavy (non-hydrogen) atoms. The predicted molar refractivity (Wildman–Crippen MR) is 103 cm³/mol. The molecule has 0 aliphatic rings. The number of hydrogen-bond donors (Lipinski definition) is 1. The second kappa shape index (κ2) is 7.93. The molecular weight excluding hydrogens is 393 g/mol. The van der Waals surface area contributed by atoms with Crippen LogP contribution in [0, 0.1) is 0 Å². The Bertz CT molecular complexity index is 947. The Hall–Kier alpha value is -3.00. The van der Waals surface area contributed by atoms with Crippen molar-refractivity contribution in [2.24, 2.45) is 0 Å². The topological polar surface area (TPSA) is 50.3 Å². The molecule has 0 aliphatic carbocycles. The molecule has 3 rings (SSSR count). The first kappa shape index (κ1) is 19.8. The first-order chi connectivity index (χ1) is 13.3. The summed E-state index contributed by atoms with van der Waals surface area (Å²) in [5, 5.41) is 3.17. The third-order valence-electron chi connectivity index (χ3n) is 3.95. The minimum absolute atomic E-state index is 0.106. The molecule has 0 bridgehead atoms. The number of hydrogen-bond acceptors (Lipinski definition) is 5. The van der Waals surface area contributed by atoms with E-state index in [1.54, 1.807) is 67.6 Å². The Morgan fingerprint density at radius 1 is 1.04 bits per heavy atom. The second-order valence-electron chi connectivity index (χ2n) is 5.82. The van der Waals surface area contributed by atoms with E-state index in [0.29, 0.717) is 22.1 Å². The van der Waals surface area contributed by atoms with E-state index in [4.69, 9.17) is 16.3 Å². The largest absolute Gasteiger partial charge is 0.497 e. The monoisotopic (exact) mass is 408 g/mol. The Kier molecular flexibility index (Phi) is 5.60. The predicted octanol–water partition coefficient (Wildman–Crippen LogP) is 5.67. The molecule has 2 aromatic carbocycles. The molecule has 1 heterocycles. The van der Waals surface area contributed by atoms with E-state index >= 15 is 0 Å². The number of rotatable bonds is 5. The van der Waals surface area contributed by atoms with Gasteiger partial charge >= 0.3 is 6.18 Å². The fraction of sp³-hybridized carbons (Fsp3) is 0.158. The Morgan fingerprint density at radius 3 is 2.25 bits per heavy atom. The zero-order valence-electron chi connectivity index (χ0n) is 15.0. The lowest BCUT2D eigenvalue weighted by atomic mass is 10.2. The van der Waals surface area contributed by atoms with Crippen molar-refractivity contribution >= 4 is 34.7 Å². The van der Waals surface area contributed by atoms with Crippen LogP contribution in [0.5, 0.6) is 5.75 Å². The smallest absolute Gasteiger partial charge is 0.421 e. The van der Waals surface area contributed by atoms with Crippen molar-refractivity contribution in [3.05, 3.63) is 65.3 Å². The molecule has 0 saturated heterocycles. The van der Waals surface area contributed by atoms with Gasteiger partial charge in [-0.1, -0.05) is 11.6 Å². The van der Waals surface area contributed by atoms with Gasteiger partial charge in [0.15, 0.2) is 0 Å². The zero-order valence-corrected chi connectivity index (χ0v) is 15.7. The summed E-state index contributed by atoms with van der Waals surface area (Å²) in [5.74, 6) is 0.422. The van der Waals surface area contributed by atoms with E-state index in [0.717, 1.165) is 6.20 Å². The molecular formula is C19H16ClF3N4O. The molecule has 0 saturated carbocycles. The van der Waals surface area contributed by atoms with Gasteiger partial charge in [0.25, 0.3) is 0 Å². The van der Waals surface area contributed by atoms with Crippen LogP contribution in [-0.2, 0) is 6.18 Å². The molecule has 0 amide bonds. The lowest BCUT2D eigenvalue weighted by Crippen LogP contribution is -2.17. The Morgan fingerprint density at radius 2 is 1.68 bits per heavy atom. The summed E-state index contributed by atoms with van der Waals surface area (Å²) in [5.41, 5.74) is 0.152. The maximum absolute atomic E-state index is 13.4. The van der Waals surface area contributed by atoms with Crippen LogP contribution in [0.15, 0.2) is 54.7 Å². The minimum Gasteiger partial charge on any atom is -0.497 e. The molecule has 1 aromatic heterocycles. The fourth-order valence-corrected chi connectivity index (χ4v) is 2.55. The highest BCUT2D eigenvalue weighted by Crippen LogP contribution is 2.36. The van der Waals surface area contributed by atoms with Crippen LogP contribution in [0.1, 0.15) is 5.56 Å². The molecule has 0 unspecified atom stereocenters.